The quantitative estimate of drug-likeness (QED) is 0.757. The number of sulfonamides is 1. The Morgan fingerprint density at radius 3 is 2.71 bits per heavy atom. The van der Waals surface area contributed by atoms with E-state index in [2.05, 4.69) is 4.72 Å². The molecule has 4 nitrogen and oxygen atoms in total. The molecule has 0 amide bonds. The highest BCUT2D eigenvalue weighted by atomic mass is 32.2. The lowest BCUT2D eigenvalue weighted by atomic mass is 10.4. The Morgan fingerprint density at radius 2 is 2.06 bits per heavy atom. The van der Waals surface area contributed by atoms with Crippen LogP contribution in [0.1, 0.15) is 13.3 Å². The average Bonchev–Trinajstić information content (AvgIpc) is 2.29. The zero-order valence-electron chi connectivity index (χ0n) is 9.65. The van der Waals surface area contributed by atoms with Gasteiger partial charge in [-0.15, -0.1) is 0 Å². The third-order valence-corrected chi connectivity index (χ3v) is 3.58. The molecule has 0 aliphatic carbocycles. The van der Waals surface area contributed by atoms with E-state index in [4.69, 9.17) is 4.74 Å². The monoisotopic (exact) mass is 261 g/mol. The largest absolute Gasteiger partial charge is 0.382 e. The molecular formula is C11H16FNO3S. The van der Waals surface area contributed by atoms with Crippen LogP contribution in [0.2, 0.25) is 0 Å². The predicted molar refractivity (Wildman–Crippen MR) is 62.7 cm³/mol. The molecule has 0 aromatic heterocycles. The van der Waals surface area contributed by atoms with Crippen molar-refractivity contribution in [1.29, 1.82) is 0 Å². The topological polar surface area (TPSA) is 55.4 Å². The summed E-state index contributed by atoms with van der Waals surface area (Å²) in [5.74, 6) is -0.746. The maximum atomic E-state index is 13.3. The number of hydrogen-bond acceptors (Lipinski definition) is 3. The van der Waals surface area contributed by atoms with Gasteiger partial charge in [-0.2, -0.15) is 0 Å². The van der Waals surface area contributed by atoms with Gasteiger partial charge < -0.3 is 4.74 Å². The molecule has 0 heterocycles. The number of benzene rings is 1. The van der Waals surface area contributed by atoms with Gasteiger partial charge in [0.1, 0.15) is 10.7 Å². The van der Waals surface area contributed by atoms with Gasteiger partial charge in [-0.25, -0.2) is 17.5 Å². The Bertz CT molecular complexity index is 448. The molecular weight excluding hydrogens is 245 g/mol. The van der Waals surface area contributed by atoms with Gasteiger partial charge in [0.2, 0.25) is 10.0 Å². The van der Waals surface area contributed by atoms with Crippen molar-refractivity contribution in [3.63, 3.8) is 0 Å². The maximum Gasteiger partial charge on any atom is 0.243 e. The van der Waals surface area contributed by atoms with Crippen molar-refractivity contribution >= 4 is 10.0 Å². The fraction of sp³-hybridized carbons (Fsp3) is 0.455. The highest BCUT2D eigenvalue weighted by Crippen LogP contribution is 2.12. The van der Waals surface area contributed by atoms with Crippen molar-refractivity contribution in [1.82, 2.24) is 4.72 Å². The molecule has 0 aliphatic rings. The summed E-state index contributed by atoms with van der Waals surface area (Å²) in [6.45, 7) is 3.18. The molecule has 1 aromatic carbocycles. The lowest BCUT2D eigenvalue weighted by Gasteiger charge is -2.07. The van der Waals surface area contributed by atoms with Crippen molar-refractivity contribution in [3.05, 3.63) is 30.1 Å². The second kappa shape index (κ2) is 6.68. The number of nitrogens with one attached hydrogen (secondary N) is 1. The van der Waals surface area contributed by atoms with E-state index in [-0.39, 0.29) is 11.4 Å². The van der Waals surface area contributed by atoms with E-state index >= 15 is 0 Å². The molecule has 1 aromatic rings. The third-order valence-electron chi connectivity index (χ3n) is 2.09. The fourth-order valence-corrected chi connectivity index (χ4v) is 2.42. The van der Waals surface area contributed by atoms with E-state index in [1.165, 1.54) is 18.2 Å². The number of rotatable bonds is 7. The molecule has 6 heteroatoms. The van der Waals surface area contributed by atoms with Crippen LogP contribution >= 0.6 is 0 Å². The average molecular weight is 261 g/mol. The van der Waals surface area contributed by atoms with E-state index in [1.54, 1.807) is 0 Å². The minimum atomic E-state index is -3.76. The molecule has 17 heavy (non-hydrogen) atoms. The summed E-state index contributed by atoms with van der Waals surface area (Å²) in [6, 6.07) is 5.29. The van der Waals surface area contributed by atoms with Gasteiger partial charge in [0.15, 0.2) is 0 Å². The van der Waals surface area contributed by atoms with Gasteiger partial charge in [-0.3, -0.25) is 0 Å². The smallest absolute Gasteiger partial charge is 0.243 e. The summed E-state index contributed by atoms with van der Waals surface area (Å²) < 4.78 is 44.1. The van der Waals surface area contributed by atoms with E-state index in [1.807, 2.05) is 6.92 Å². The summed E-state index contributed by atoms with van der Waals surface area (Å²) >= 11 is 0. The highest BCUT2D eigenvalue weighted by Gasteiger charge is 2.17. The first-order chi connectivity index (χ1) is 8.08. The maximum absolute atomic E-state index is 13.3. The Morgan fingerprint density at radius 1 is 1.35 bits per heavy atom. The second-order valence-electron chi connectivity index (χ2n) is 3.38. The molecule has 0 atom stereocenters. The zero-order valence-corrected chi connectivity index (χ0v) is 10.5. The van der Waals surface area contributed by atoms with E-state index < -0.39 is 15.8 Å². The molecule has 96 valence electrons. The van der Waals surface area contributed by atoms with E-state index in [9.17, 15) is 12.8 Å². The minimum absolute atomic E-state index is 0.233. The summed E-state index contributed by atoms with van der Waals surface area (Å²) in [6.07, 6.45) is 0.557. The molecule has 0 unspecified atom stereocenters. The van der Waals surface area contributed by atoms with Crippen LogP contribution in [0.3, 0.4) is 0 Å². The molecule has 1 rings (SSSR count). The van der Waals surface area contributed by atoms with Crippen LogP contribution in [-0.4, -0.2) is 28.2 Å². The van der Waals surface area contributed by atoms with E-state index in [0.717, 1.165) is 6.07 Å². The molecule has 0 fully saturated rings. The highest BCUT2D eigenvalue weighted by molar-refractivity contribution is 7.89. The first-order valence-electron chi connectivity index (χ1n) is 5.40. The van der Waals surface area contributed by atoms with Crippen molar-refractivity contribution in [2.45, 2.75) is 18.2 Å². The van der Waals surface area contributed by atoms with Crippen molar-refractivity contribution in [3.8, 4) is 0 Å². The third kappa shape index (κ3) is 4.41. The molecule has 1 N–H and O–H groups in total. The first kappa shape index (κ1) is 14.1. The predicted octanol–water partition coefficient (Wildman–Crippen LogP) is 1.53. The van der Waals surface area contributed by atoms with Crippen LogP contribution in [0.15, 0.2) is 29.2 Å². The van der Waals surface area contributed by atoms with Crippen LogP contribution < -0.4 is 4.72 Å². The minimum Gasteiger partial charge on any atom is -0.382 e. The second-order valence-corrected chi connectivity index (χ2v) is 5.11. The van der Waals surface area contributed by atoms with Gasteiger partial charge in [0.25, 0.3) is 0 Å². The Kier molecular flexibility index (Phi) is 5.54. The Hall–Kier alpha value is -0.980. The van der Waals surface area contributed by atoms with Crippen LogP contribution in [0.4, 0.5) is 4.39 Å². The van der Waals surface area contributed by atoms with Crippen molar-refractivity contribution in [2.75, 3.05) is 19.8 Å². The summed E-state index contributed by atoms with van der Waals surface area (Å²) in [7, 11) is -3.76. The lowest BCUT2D eigenvalue weighted by molar-refractivity contribution is 0.146. The van der Waals surface area contributed by atoms with Gasteiger partial charge in [-0.1, -0.05) is 12.1 Å². The van der Waals surface area contributed by atoms with Crippen molar-refractivity contribution in [2.24, 2.45) is 0 Å². The number of hydrogen-bond donors (Lipinski definition) is 1. The molecule has 0 saturated heterocycles. The van der Waals surface area contributed by atoms with Gasteiger partial charge >= 0.3 is 0 Å². The summed E-state index contributed by atoms with van der Waals surface area (Å²) in [4.78, 5) is -0.323. The van der Waals surface area contributed by atoms with Crippen LogP contribution in [0, 0.1) is 5.82 Å². The van der Waals surface area contributed by atoms with Gasteiger partial charge in [0, 0.05) is 19.8 Å². The van der Waals surface area contributed by atoms with Gasteiger partial charge in [-0.05, 0) is 25.5 Å². The Balaban J connectivity index is 2.55. The first-order valence-corrected chi connectivity index (χ1v) is 6.88. The summed E-state index contributed by atoms with van der Waals surface area (Å²) in [5.41, 5.74) is 0. The normalized spacial score (nSPS) is 11.6. The van der Waals surface area contributed by atoms with Crippen LogP contribution in [0.5, 0.6) is 0 Å². The fourth-order valence-electron chi connectivity index (χ4n) is 1.27. The van der Waals surface area contributed by atoms with E-state index in [0.29, 0.717) is 19.6 Å². The SMILES string of the molecule is CCOCCCNS(=O)(=O)c1ccccc1F. The number of halogens is 1. The summed E-state index contributed by atoms with van der Waals surface area (Å²) in [5, 5.41) is 0. The van der Waals surface area contributed by atoms with Gasteiger partial charge in [0.05, 0.1) is 0 Å². The van der Waals surface area contributed by atoms with Crippen molar-refractivity contribution < 1.29 is 17.5 Å². The molecule has 0 radical (unpaired) electrons. The Labute approximate surface area is 101 Å². The molecule has 0 aliphatic heterocycles. The molecule has 0 saturated carbocycles. The lowest BCUT2D eigenvalue weighted by Crippen LogP contribution is -2.26. The standard InChI is InChI=1S/C11H16FNO3S/c1-2-16-9-5-8-13-17(14,15)11-7-4-3-6-10(11)12/h3-4,6-7,13H,2,5,8-9H2,1H3. The molecule has 0 bridgehead atoms. The van der Waals surface area contributed by atoms with Crippen LogP contribution in [0.25, 0.3) is 0 Å². The molecule has 0 spiro atoms. The number of ether oxygens (including phenoxy) is 1. The zero-order chi connectivity index (χ0) is 12.7. The van der Waals surface area contributed by atoms with Crippen LogP contribution in [-0.2, 0) is 14.8 Å².